The number of aromatic nitrogens is 1. The van der Waals surface area contributed by atoms with Gasteiger partial charge in [0.05, 0.1) is 0 Å². The van der Waals surface area contributed by atoms with Crippen molar-refractivity contribution >= 4 is 17.5 Å². The first-order valence-electron chi connectivity index (χ1n) is 6.85. The van der Waals surface area contributed by atoms with Crippen LogP contribution in [0.4, 0.5) is 15.9 Å². The first-order chi connectivity index (χ1) is 10.1. The molecule has 2 rings (SSSR count). The van der Waals surface area contributed by atoms with Crippen LogP contribution in [0.15, 0.2) is 36.5 Å². The highest BCUT2D eigenvalue weighted by molar-refractivity contribution is 5.89. The second kappa shape index (κ2) is 6.83. The van der Waals surface area contributed by atoms with Gasteiger partial charge in [-0.25, -0.2) is 14.2 Å². The molecular weight excluding hydrogens is 271 g/mol. The van der Waals surface area contributed by atoms with Crippen LogP contribution >= 0.6 is 0 Å². The standard InChI is InChI=1S/C16H17FN2O2/c1-2-3-4-11-5-7-12(8-6-11)19-15-14(17)13(16(20)21)9-10-18-15/h5-10H,2-4H2,1H3,(H,18,19)(H,20,21). The number of aromatic carboxylic acids is 1. The van der Waals surface area contributed by atoms with E-state index in [0.29, 0.717) is 5.69 Å². The number of rotatable bonds is 6. The Kier molecular flexibility index (Phi) is 4.87. The van der Waals surface area contributed by atoms with Gasteiger partial charge in [0, 0.05) is 11.9 Å². The monoisotopic (exact) mass is 288 g/mol. The molecular formula is C16H17FN2O2. The quantitative estimate of drug-likeness (QED) is 0.843. The van der Waals surface area contributed by atoms with Gasteiger partial charge >= 0.3 is 5.97 Å². The third-order valence-corrected chi connectivity index (χ3v) is 3.16. The summed E-state index contributed by atoms with van der Waals surface area (Å²) in [4.78, 5) is 14.7. The summed E-state index contributed by atoms with van der Waals surface area (Å²) in [5.41, 5.74) is 1.49. The van der Waals surface area contributed by atoms with Crippen LogP contribution in [0.5, 0.6) is 0 Å². The smallest absolute Gasteiger partial charge is 0.338 e. The molecule has 2 aromatic rings. The normalized spacial score (nSPS) is 10.4. The predicted octanol–water partition coefficient (Wildman–Crippen LogP) is 4.01. The summed E-state index contributed by atoms with van der Waals surface area (Å²) >= 11 is 0. The number of carboxylic acid groups (broad SMARTS) is 1. The van der Waals surface area contributed by atoms with Crippen molar-refractivity contribution in [2.45, 2.75) is 26.2 Å². The van der Waals surface area contributed by atoms with Gasteiger partial charge in [0.15, 0.2) is 11.6 Å². The van der Waals surface area contributed by atoms with Crippen molar-refractivity contribution in [3.8, 4) is 0 Å². The Morgan fingerprint density at radius 3 is 2.62 bits per heavy atom. The first-order valence-corrected chi connectivity index (χ1v) is 6.85. The maximum atomic E-state index is 13.9. The summed E-state index contributed by atoms with van der Waals surface area (Å²) < 4.78 is 13.9. The molecule has 4 nitrogen and oxygen atoms in total. The molecule has 0 atom stereocenters. The van der Waals surface area contributed by atoms with Gasteiger partial charge in [-0.1, -0.05) is 25.5 Å². The zero-order chi connectivity index (χ0) is 15.2. The number of nitrogens with zero attached hydrogens (tertiary/aromatic N) is 1. The molecule has 21 heavy (non-hydrogen) atoms. The Morgan fingerprint density at radius 2 is 2.00 bits per heavy atom. The van der Waals surface area contributed by atoms with E-state index in [1.54, 1.807) is 0 Å². The minimum atomic E-state index is -1.31. The van der Waals surface area contributed by atoms with Crippen LogP contribution in [-0.4, -0.2) is 16.1 Å². The lowest BCUT2D eigenvalue weighted by molar-refractivity contribution is 0.0692. The molecule has 0 aliphatic rings. The second-order valence-electron chi connectivity index (χ2n) is 4.75. The van der Waals surface area contributed by atoms with Crippen LogP contribution in [0.3, 0.4) is 0 Å². The van der Waals surface area contributed by atoms with E-state index in [0.717, 1.165) is 25.3 Å². The summed E-state index contributed by atoms with van der Waals surface area (Å²) in [6, 6.07) is 8.74. The molecule has 0 amide bonds. The molecule has 0 saturated heterocycles. The van der Waals surface area contributed by atoms with E-state index in [4.69, 9.17) is 5.11 Å². The third-order valence-electron chi connectivity index (χ3n) is 3.16. The zero-order valence-electron chi connectivity index (χ0n) is 11.8. The van der Waals surface area contributed by atoms with Crippen LogP contribution in [0.1, 0.15) is 35.7 Å². The highest BCUT2D eigenvalue weighted by atomic mass is 19.1. The molecule has 110 valence electrons. The number of hydrogen-bond donors (Lipinski definition) is 2. The van der Waals surface area contributed by atoms with Gasteiger partial charge in [0.2, 0.25) is 0 Å². The molecule has 0 radical (unpaired) electrons. The predicted molar refractivity (Wildman–Crippen MR) is 79.5 cm³/mol. The molecule has 1 heterocycles. The van der Waals surface area contributed by atoms with Crippen molar-refractivity contribution in [1.29, 1.82) is 0 Å². The minimum absolute atomic E-state index is 0.0868. The second-order valence-corrected chi connectivity index (χ2v) is 4.75. The first kappa shape index (κ1) is 15.0. The van der Waals surface area contributed by atoms with Crippen molar-refractivity contribution in [2.24, 2.45) is 0 Å². The number of carbonyl (C=O) groups is 1. The highest BCUT2D eigenvalue weighted by Gasteiger charge is 2.15. The summed E-state index contributed by atoms with van der Waals surface area (Å²) in [6.07, 6.45) is 4.54. The molecule has 1 aromatic heterocycles. The van der Waals surface area contributed by atoms with Crippen molar-refractivity contribution in [3.05, 3.63) is 53.5 Å². The lowest BCUT2D eigenvalue weighted by Crippen LogP contribution is -2.05. The minimum Gasteiger partial charge on any atom is -0.478 e. The van der Waals surface area contributed by atoms with Gasteiger partial charge in [0.1, 0.15) is 5.56 Å². The van der Waals surface area contributed by atoms with Gasteiger partial charge in [0.25, 0.3) is 0 Å². The Bertz CT molecular complexity index is 627. The fraction of sp³-hybridized carbons (Fsp3) is 0.250. The summed E-state index contributed by atoms with van der Waals surface area (Å²) in [5.74, 6) is -2.26. The molecule has 0 unspecified atom stereocenters. The number of unbranched alkanes of at least 4 members (excludes halogenated alkanes) is 1. The largest absolute Gasteiger partial charge is 0.478 e. The van der Waals surface area contributed by atoms with Gasteiger partial charge < -0.3 is 10.4 Å². The van der Waals surface area contributed by atoms with Crippen LogP contribution < -0.4 is 5.32 Å². The van der Waals surface area contributed by atoms with E-state index in [1.165, 1.54) is 11.8 Å². The topological polar surface area (TPSA) is 62.2 Å². The van der Waals surface area contributed by atoms with Gasteiger partial charge in [-0.3, -0.25) is 0 Å². The fourth-order valence-corrected chi connectivity index (χ4v) is 1.97. The number of anilines is 2. The maximum Gasteiger partial charge on any atom is 0.338 e. The number of hydrogen-bond acceptors (Lipinski definition) is 3. The SMILES string of the molecule is CCCCc1ccc(Nc2nccc(C(=O)O)c2F)cc1. The van der Waals surface area contributed by atoms with Crippen LogP contribution in [0, 0.1) is 5.82 Å². The summed E-state index contributed by atoms with van der Waals surface area (Å²) in [6.45, 7) is 2.14. The van der Waals surface area contributed by atoms with Crippen molar-refractivity contribution in [1.82, 2.24) is 4.98 Å². The molecule has 0 bridgehead atoms. The van der Waals surface area contributed by atoms with Crippen molar-refractivity contribution < 1.29 is 14.3 Å². The lowest BCUT2D eigenvalue weighted by Gasteiger charge is -2.08. The lowest BCUT2D eigenvalue weighted by atomic mass is 10.1. The summed E-state index contributed by atoms with van der Waals surface area (Å²) in [7, 11) is 0. The zero-order valence-corrected chi connectivity index (χ0v) is 11.8. The van der Waals surface area contributed by atoms with E-state index < -0.39 is 17.3 Å². The van der Waals surface area contributed by atoms with Crippen LogP contribution in [-0.2, 0) is 6.42 Å². The van der Waals surface area contributed by atoms with Crippen LogP contribution in [0.25, 0.3) is 0 Å². The van der Waals surface area contributed by atoms with E-state index in [2.05, 4.69) is 17.2 Å². The van der Waals surface area contributed by atoms with E-state index >= 15 is 0 Å². The average Bonchev–Trinajstić information content (AvgIpc) is 2.48. The molecule has 0 aliphatic heterocycles. The number of aryl methyl sites for hydroxylation is 1. The third kappa shape index (κ3) is 3.78. The number of benzene rings is 1. The van der Waals surface area contributed by atoms with E-state index in [-0.39, 0.29) is 5.82 Å². The molecule has 0 aliphatic carbocycles. The van der Waals surface area contributed by atoms with E-state index in [9.17, 15) is 9.18 Å². The van der Waals surface area contributed by atoms with Crippen molar-refractivity contribution in [3.63, 3.8) is 0 Å². The Hall–Kier alpha value is -2.43. The van der Waals surface area contributed by atoms with Gasteiger partial charge in [-0.05, 0) is 36.6 Å². The molecule has 1 aromatic carbocycles. The van der Waals surface area contributed by atoms with Crippen molar-refractivity contribution in [2.75, 3.05) is 5.32 Å². The Morgan fingerprint density at radius 1 is 1.29 bits per heavy atom. The molecule has 5 heteroatoms. The Labute approximate surface area is 122 Å². The number of nitrogens with one attached hydrogen (secondary N) is 1. The van der Waals surface area contributed by atoms with Gasteiger partial charge in [-0.15, -0.1) is 0 Å². The number of carboxylic acids is 1. The van der Waals surface area contributed by atoms with Crippen LogP contribution in [0.2, 0.25) is 0 Å². The number of pyridine rings is 1. The molecule has 2 N–H and O–H groups in total. The number of halogens is 1. The van der Waals surface area contributed by atoms with Gasteiger partial charge in [-0.2, -0.15) is 0 Å². The Balaban J connectivity index is 2.15. The molecule has 0 spiro atoms. The summed E-state index contributed by atoms with van der Waals surface area (Å²) in [5, 5.41) is 11.7. The highest BCUT2D eigenvalue weighted by Crippen LogP contribution is 2.21. The van der Waals surface area contributed by atoms with E-state index in [1.807, 2.05) is 24.3 Å². The average molecular weight is 288 g/mol. The molecule has 0 fully saturated rings. The fourth-order valence-electron chi connectivity index (χ4n) is 1.97. The molecule has 0 saturated carbocycles. The maximum absolute atomic E-state index is 13.9.